The van der Waals surface area contributed by atoms with E-state index in [1.807, 2.05) is 0 Å². The molecule has 0 bridgehead atoms. The molecule has 23 heavy (non-hydrogen) atoms. The summed E-state index contributed by atoms with van der Waals surface area (Å²) < 4.78 is 37.3. The zero-order valence-corrected chi connectivity index (χ0v) is 13.7. The first kappa shape index (κ1) is 17.6. The standard InChI is InChI=1S/C13H19N3O6S/c1-14-23(19,20)13-11(4-3-5-12(13)16(17)18)15-6-7-22-10(8-15)9-21-2/h3-5,10,14H,6-9H2,1-2H3/t10-/m1/s1. The summed E-state index contributed by atoms with van der Waals surface area (Å²) in [5.41, 5.74) is -0.162. The highest BCUT2D eigenvalue weighted by atomic mass is 32.2. The Morgan fingerprint density at radius 3 is 2.87 bits per heavy atom. The van der Waals surface area contributed by atoms with Crippen LogP contribution in [0.1, 0.15) is 0 Å². The predicted molar refractivity (Wildman–Crippen MR) is 83.2 cm³/mol. The van der Waals surface area contributed by atoms with Crippen LogP contribution >= 0.6 is 0 Å². The van der Waals surface area contributed by atoms with Gasteiger partial charge in [0.15, 0.2) is 4.90 Å². The van der Waals surface area contributed by atoms with Gasteiger partial charge in [-0.05, 0) is 13.1 Å². The molecule has 1 fully saturated rings. The minimum Gasteiger partial charge on any atom is -0.382 e. The molecule has 1 heterocycles. The number of nitro groups is 1. The summed E-state index contributed by atoms with van der Waals surface area (Å²) in [7, 11) is -1.22. The molecule has 1 aromatic carbocycles. The highest BCUT2D eigenvalue weighted by molar-refractivity contribution is 7.89. The van der Waals surface area contributed by atoms with E-state index in [1.165, 1.54) is 19.2 Å². The largest absolute Gasteiger partial charge is 0.382 e. The van der Waals surface area contributed by atoms with E-state index in [2.05, 4.69) is 4.72 Å². The minimum absolute atomic E-state index is 0.224. The van der Waals surface area contributed by atoms with Crippen LogP contribution in [0, 0.1) is 10.1 Å². The van der Waals surface area contributed by atoms with E-state index in [4.69, 9.17) is 9.47 Å². The molecule has 0 unspecified atom stereocenters. The molecule has 0 spiro atoms. The Hall–Kier alpha value is -1.75. The molecule has 0 aromatic heterocycles. The van der Waals surface area contributed by atoms with Crippen molar-refractivity contribution in [3.05, 3.63) is 28.3 Å². The number of nitrogens with one attached hydrogen (secondary N) is 1. The lowest BCUT2D eigenvalue weighted by Crippen LogP contribution is -2.45. The van der Waals surface area contributed by atoms with Crippen LogP contribution in [-0.2, 0) is 19.5 Å². The smallest absolute Gasteiger partial charge is 0.291 e. The van der Waals surface area contributed by atoms with E-state index in [9.17, 15) is 18.5 Å². The second kappa shape index (κ2) is 7.21. The molecule has 1 N–H and O–H groups in total. The number of benzene rings is 1. The maximum Gasteiger partial charge on any atom is 0.291 e. The lowest BCUT2D eigenvalue weighted by molar-refractivity contribution is -0.387. The summed E-state index contributed by atoms with van der Waals surface area (Å²) in [6.45, 7) is 1.57. The second-order valence-electron chi connectivity index (χ2n) is 4.98. The van der Waals surface area contributed by atoms with Gasteiger partial charge < -0.3 is 14.4 Å². The van der Waals surface area contributed by atoms with Crippen molar-refractivity contribution in [2.24, 2.45) is 0 Å². The first-order valence-electron chi connectivity index (χ1n) is 6.97. The number of ether oxygens (including phenoxy) is 2. The fraction of sp³-hybridized carbons (Fsp3) is 0.538. The van der Waals surface area contributed by atoms with Crippen molar-refractivity contribution in [2.75, 3.05) is 45.4 Å². The molecule has 0 radical (unpaired) electrons. The average Bonchev–Trinajstić information content (AvgIpc) is 2.54. The van der Waals surface area contributed by atoms with E-state index >= 15 is 0 Å². The molecule has 1 atom stereocenters. The van der Waals surface area contributed by atoms with E-state index in [0.29, 0.717) is 26.3 Å². The third-order valence-electron chi connectivity index (χ3n) is 3.54. The van der Waals surface area contributed by atoms with Crippen LogP contribution in [0.5, 0.6) is 0 Å². The van der Waals surface area contributed by atoms with Crippen LogP contribution in [0.4, 0.5) is 11.4 Å². The molecular formula is C13H19N3O6S. The maximum atomic E-state index is 12.3. The lowest BCUT2D eigenvalue weighted by atomic mass is 10.2. The number of hydrogen-bond acceptors (Lipinski definition) is 7. The van der Waals surface area contributed by atoms with Crippen LogP contribution in [0.2, 0.25) is 0 Å². The molecule has 1 aliphatic heterocycles. The number of nitrogens with zero attached hydrogens (tertiary/aromatic N) is 2. The van der Waals surface area contributed by atoms with Crippen LogP contribution in [0.3, 0.4) is 0 Å². The van der Waals surface area contributed by atoms with Gasteiger partial charge in [-0.15, -0.1) is 0 Å². The Labute approximate surface area is 134 Å². The molecule has 0 amide bonds. The average molecular weight is 345 g/mol. The first-order chi connectivity index (χ1) is 10.9. The fourth-order valence-electron chi connectivity index (χ4n) is 2.51. The van der Waals surface area contributed by atoms with Gasteiger partial charge in [-0.25, -0.2) is 13.1 Å². The van der Waals surface area contributed by atoms with Crippen LogP contribution in [0.25, 0.3) is 0 Å². The van der Waals surface area contributed by atoms with Gasteiger partial charge in [-0.2, -0.15) is 0 Å². The fourth-order valence-corrected chi connectivity index (χ4v) is 3.60. The molecule has 9 nitrogen and oxygen atoms in total. The number of rotatable bonds is 6. The topological polar surface area (TPSA) is 111 Å². The van der Waals surface area contributed by atoms with Gasteiger partial charge in [0, 0.05) is 26.3 Å². The van der Waals surface area contributed by atoms with E-state index in [0.717, 1.165) is 0 Å². The second-order valence-corrected chi connectivity index (χ2v) is 6.81. The van der Waals surface area contributed by atoms with Gasteiger partial charge in [0.2, 0.25) is 10.0 Å². The summed E-state index contributed by atoms with van der Waals surface area (Å²) in [5.74, 6) is 0. The summed E-state index contributed by atoms with van der Waals surface area (Å²) in [6, 6.07) is 4.22. The van der Waals surface area contributed by atoms with Gasteiger partial charge in [-0.3, -0.25) is 10.1 Å². The third-order valence-corrected chi connectivity index (χ3v) is 5.03. The Balaban J connectivity index is 2.50. The molecule has 2 rings (SSSR count). The highest BCUT2D eigenvalue weighted by Gasteiger charge is 2.32. The highest BCUT2D eigenvalue weighted by Crippen LogP contribution is 2.34. The van der Waals surface area contributed by atoms with E-state index in [1.54, 1.807) is 18.1 Å². The molecule has 128 valence electrons. The maximum absolute atomic E-state index is 12.3. The summed E-state index contributed by atoms with van der Waals surface area (Å²) >= 11 is 0. The van der Waals surface area contributed by atoms with Crippen molar-refractivity contribution in [1.29, 1.82) is 0 Å². The van der Waals surface area contributed by atoms with Crippen LogP contribution in [-0.4, -0.2) is 59.9 Å². The number of morpholine rings is 1. The van der Waals surface area contributed by atoms with Crippen molar-refractivity contribution in [1.82, 2.24) is 4.72 Å². The molecule has 0 saturated carbocycles. The Morgan fingerprint density at radius 1 is 1.52 bits per heavy atom. The van der Waals surface area contributed by atoms with Crippen molar-refractivity contribution >= 4 is 21.4 Å². The van der Waals surface area contributed by atoms with Crippen molar-refractivity contribution in [3.8, 4) is 0 Å². The first-order valence-corrected chi connectivity index (χ1v) is 8.45. The third kappa shape index (κ3) is 3.78. The van der Waals surface area contributed by atoms with Crippen LogP contribution < -0.4 is 9.62 Å². The predicted octanol–water partition coefficient (Wildman–Crippen LogP) is 0.355. The monoisotopic (exact) mass is 345 g/mol. The van der Waals surface area contributed by atoms with Crippen molar-refractivity contribution in [2.45, 2.75) is 11.0 Å². The van der Waals surface area contributed by atoms with Crippen molar-refractivity contribution < 1.29 is 22.8 Å². The molecule has 1 aromatic rings. The molecule has 0 aliphatic carbocycles. The number of sulfonamides is 1. The van der Waals surface area contributed by atoms with Gasteiger partial charge in [0.05, 0.1) is 29.9 Å². The number of methoxy groups -OCH3 is 1. The van der Waals surface area contributed by atoms with Gasteiger partial charge in [0.25, 0.3) is 5.69 Å². The Kier molecular flexibility index (Phi) is 5.52. The van der Waals surface area contributed by atoms with Crippen LogP contribution in [0.15, 0.2) is 23.1 Å². The van der Waals surface area contributed by atoms with Crippen molar-refractivity contribution in [3.63, 3.8) is 0 Å². The zero-order chi connectivity index (χ0) is 17.0. The SMILES string of the molecule is CNS(=O)(=O)c1c(N2CCO[C@@H](COC)C2)cccc1[N+](=O)[O-]. The number of anilines is 1. The molecule has 1 aliphatic rings. The normalized spacial score (nSPS) is 18.9. The zero-order valence-electron chi connectivity index (χ0n) is 12.9. The van der Waals surface area contributed by atoms with Gasteiger partial charge in [0.1, 0.15) is 0 Å². The number of nitro benzene ring substituents is 1. The van der Waals surface area contributed by atoms with Gasteiger partial charge >= 0.3 is 0 Å². The summed E-state index contributed by atoms with van der Waals surface area (Å²) in [5, 5.41) is 11.2. The lowest BCUT2D eigenvalue weighted by Gasteiger charge is -2.34. The molecule has 1 saturated heterocycles. The summed E-state index contributed by atoms with van der Waals surface area (Å²) in [6.07, 6.45) is -0.224. The molecular weight excluding hydrogens is 326 g/mol. The van der Waals surface area contributed by atoms with E-state index in [-0.39, 0.29) is 16.7 Å². The molecule has 10 heteroatoms. The minimum atomic E-state index is -3.99. The number of hydrogen-bond donors (Lipinski definition) is 1. The van der Waals surface area contributed by atoms with E-state index < -0.39 is 20.6 Å². The Morgan fingerprint density at radius 2 is 2.26 bits per heavy atom. The quantitative estimate of drug-likeness (QED) is 0.585. The Bertz CT molecular complexity index is 676. The van der Waals surface area contributed by atoms with Gasteiger partial charge in [-0.1, -0.05) is 6.07 Å². The summed E-state index contributed by atoms with van der Waals surface area (Å²) in [4.78, 5) is 12.0.